The maximum absolute atomic E-state index is 11.8. The number of rotatable bonds is 4. The normalized spacial score (nSPS) is 35.2. The second-order valence-corrected chi connectivity index (χ2v) is 5.95. The van der Waals surface area contributed by atoms with Crippen LogP contribution >= 0.6 is 12.4 Å². The van der Waals surface area contributed by atoms with E-state index < -0.39 is 0 Å². The lowest BCUT2D eigenvalue weighted by Crippen LogP contribution is -2.38. The van der Waals surface area contributed by atoms with Gasteiger partial charge < -0.3 is 15.8 Å². The number of carbonyl (C=O) groups excluding carboxylic acids is 1. The lowest BCUT2D eigenvalue weighted by atomic mass is 9.90. The molecule has 1 saturated carbocycles. The van der Waals surface area contributed by atoms with Crippen LogP contribution in [0.15, 0.2) is 0 Å². The van der Waals surface area contributed by atoms with Crippen LogP contribution in [0.1, 0.15) is 39.0 Å². The standard InChI is InChI=1S/C13H24N2O2.ClH/c1-13(5-6-17-9-13)8-15-12(16)7-10-3-2-4-11(10)14;/h10-11H,2-9,14H2,1H3,(H,15,16);1H/t10-,11+,13?;/m0./s1. The Morgan fingerprint density at radius 1 is 1.50 bits per heavy atom. The van der Waals surface area contributed by atoms with Crippen molar-refractivity contribution >= 4 is 18.3 Å². The third-order valence-corrected chi connectivity index (χ3v) is 4.18. The number of hydrogen-bond donors (Lipinski definition) is 2. The smallest absolute Gasteiger partial charge is 0.220 e. The van der Waals surface area contributed by atoms with Crippen LogP contribution in [-0.2, 0) is 9.53 Å². The average Bonchev–Trinajstić information content (AvgIpc) is 2.87. The Morgan fingerprint density at radius 3 is 2.83 bits per heavy atom. The van der Waals surface area contributed by atoms with Gasteiger partial charge in [-0.15, -0.1) is 12.4 Å². The third-order valence-electron chi connectivity index (χ3n) is 4.18. The Bertz CT molecular complexity index is 280. The average molecular weight is 277 g/mol. The van der Waals surface area contributed by atoms with Gasteiger partial charge >= 0.3 is 0 Å². The molecule has 0 aromatic rings. The van der Waals surface area contributed by atoms with E-state index in [1.54, 1.807) is 0 Å². The van der Waals surface area contributed by atoms with Crippen LogP contribution in [0.2, 0.25) is 0 Å². The highest BCUT2D eigenvalue weighted by Crippen LogP contribution is 2.28. The number of carbonyl (C=O) groups is 1. The van der Waals surface area contributed by atoms with E-state index in [-0.39, 0.29) is 29.8 Å². The van der Waals surface area contributed by atoms with Gasteiger partial charge in [-0.25, -0.2) is 0 Å². The second kappa shape index (κ2) is 6.73. The molecule has 1 aliphatic heterocycles. The molecule has 2 fully saturated rings. The van der Waals surface area contributed by atoms with Gasteiger partial charge in [0.05, 0.1) is 6.61 Å². The number of nitrogens with two attached hydrogens (primary N) is 1. The van der Waals surface area contributed by atoms with Gasteiger partial charge in [0.2, 0.25) is 5.91 Å². The monoisotopic (exact) mass is 276 g/mol. The Morgan fingerprint density at radius 2 is 2.28 bits per heavy atom. The fraction of sp³-hybridized carbons (Fsp3) is 0.923. The van der Waals surface area contributed by atoms with Gasteiger partial charge in [0, 0.05) is 31.0 Å². The van der Waals surface area contributed by atoms with Crippen LogP contribution in [0.4, 0.5) is 0 Å². The van der Waals surface area contributed by atoms with Gasteiger partial charge in [0.25, 0.3) is 0 Å². The molecule has 106 valence electrons. The quantitative estimate of drug-likeness (QED) is 0.817. The molecule has 1 heterocycles. The van der Waals surface area contributed by atoms with E-state index >= 15 is 0 Å². The van der Waals surface area contributed by atoms with Crippen LogP contribution < -0.4 is 11.1 Å². The summed E-state index contributed by atoms with van der Waals surface area (Å²) >= 11 is 0. The van der Waals surface area contributed by atoms with Gasteiger partial charge in [0.1, 0.15) is 0 Å². The lowest BCUT2D eigenvalue weighted by Gasteiger charge is -2.23. The fourth-order valence-electron chi connectivity index (χ4n) is 2.79. The number of nitrogens with one attached hydrogen (secondary N) is 1. The number of halogens is 1. The minimum absolute atomic E-state index is 0. The molecular formula is C13H25ClN2O2. The molecule has 1 saturated heterocycles. The molecule has 3 atom stereocenters. The van der Waals surface area contributed by atoms with Crippen molar-refractivity contribution < 1.29 is 9.53 Å². The molecular weight excluding hydrogens is 252 g/mol. The van der Waals surface area contributed by atoms with Gasteiger partial charge in [-0.1, -0.05) is 13.3 Å². The van der Waals surface area contributed by atoms with Gasteiger partial charge in [-0.05, 0) is 25.2 Å². The Kier molecular flexibility index (Phi) is 5.89. The molecule has 0 bridgehead atoms. The molecule has 0 aromatic carbocycles. The zero-order valence-electron chi connectivity index (χ0n) is 11.1. The molecule has 3 N–H and O–H groups in total. The molecule has 4 nitrogen and oxygen atoms in total. The van der Waals surface area contributed by atoms with E-state index in [0.29, 0.717) is 12.3 Å². The molecule has 0 aromatic heterocycles. The molecule has 1 amide bonds. The van der Waals surface area contributed by atoms with Crippen molar-refractivity contribution in [2.45, 2.75) is 45.1 Å². The molecule has 1 unspecified atom stereocenters. The summed E-state index contributed by atoms with van der Waals surface area (Å²) in [5.41, 5.74) is 6.10. The Balaban J connectivity index is 0.00000162. The summed E-state index contributed by atoms with van der Waals surface area (Å²) in [6, 6.07) is 0.228. The van der Waals surface area contributed by atoms with Crippen LogP contribution in [0.25, 0.3) is 0 Å². The molecule has 2 aliphatic rings. The van der Waals surface area contributed by atoms with Gasteiger partial charge in [-0.3, -0.25) is 4.79 Å². The molecule has 0 spiro atoms. The molecule has 5 heteroatoms. The molecule has 0 radical (unpaired) electrons. The first-order chi connectivity index (χ1) is 8.09. The first-order valence-corrected chi connectivity index (χ1v) is 6.69. The van der Waals surface area contributed by atoms with E-state index in [4.69, 9.17) is 10.5 Å². The summed E-state index contributed by atoms with van der Waals surface area (Å²) in [5, 5.41) is 3.04. The third kappa shape index (κ3) is 4.11. The van der Waals surface area contributed by atoms with Gasteiger partial charge in [0.15, 0.2) is 0 Å². The van der Waals surface area contributed by atoms with Crippen LogP contribution in [-0.4, -0.2) is 31.7 Å². The summed E-state index contributed by atoms with van der Waals surface area (Å²) < 4.78 is 5.37. The maximum atomic E-state index is 11.8. The highest BCUT2D eigenvalue weighted by atomic mass is 35.5. The Hall–Kier alpha value is -0.320. The van der Waals surface area contributed by atoms with E-state index in [1.807, 2.05) is 0 Å². The predicted octanol–water partition coefficient (Wildman–Crippen LogP) is 1.47. The second-order valence-electron chi connectivity index (χ2n) is 5.95. The van der Waals surface area contributed by atoms with Crippen molar-refractivity contribution in [2.24, 2.45) is 17.1 Å². The summed E-state index contributed by atoms with van der Waals surface area (Å²) in [6.45, 7) is 4.48. The highest BCUT2D eigenvalue weighted by Gasteiger charge is 2.31. The zero-order valence-corrected chi connectivity index (χ0v) is 11.9. The van der Waals surface area contributed by atoms with Crippen molar-refractivity contribution in [3.05, 3.63) is 0 Å². The number of amides is 1. The number of ether oxygens (including phenoxy) is 1. The van der Waals surface area contributed by atoms with Crippen molar-refractivity contribution in [3.63, 3.8) is 0 Å². The minimum Gasteiger partial charge on any atom is -0.381 e. The van der Waals surface area contributed by atoms with Crippen molar-refractivity contribution in [3.8, 4) is 0 Å². The van der Waals surface area contributed by atoms with E-state index in [1.165, 1.54) is 6.42 Å². The van der Waals surface area contributed by atoms with E-state index in [2.05, 4.69) is 12.2 Å². The molecule has 18 heavy (non-hydrogen) atoms. The highest BCUT2D eigenvalue weighted by molar-refractivity contribution is 5.85. The SMILES string of the molecule is CC1(CNC(=O)C[C@@H]2CCC[C@H]2N)CCOC1.Cl. The zero-order chi connectivity index (χ0) is 12.3. The lowest BCUT2D eigenvalue weighted by molar-refractivity contribution is -0.122. The largest absolute Gasteiger partial charge is 0.381 e. The van der Waals surface area contributed by atoms with Crippen LogP contribution in [0, 0.1) is 11.3 Å². The van der Waals surface area contributed by atoms with Crippen LogP contribution in [0.3, 0.4) is 0 Å². The van der Waals surface area contributed by atoms with E-state index in [0.717, 1.165) is 39.0 Å². The molecule has 2 rings (SSSR count). The number of hydrogen-bond acceptors (Lipinski definition) is 3. The van der Waals surface area contributed by atoms with Crippen LogP contribution in [0.5, 0.6) is 0 Å². The minimum atomic E-state index is 0. The maximum Gasteiger partial charge on any atom is 0.220 e. The fourth-order valence-corrected chi connectivity index (χ4v) is 2.79. The van der Waals surface area contributed by atoms with Crippen molar-refractivity contribution in [2.75, 3.05) is 19.8 Å². The topological polar surface area (TPSA) is 64.4 Å². The Labute approximate surface area is 115 Å². The van der Waals surface area contributed by atoms with Crippen molar-refractivity contribution in [1.29, 1.82) is 0 Å². The van der Waals surface area contributed by atoms with Crippen molar-refractivity contribution in [1.82, 2.24) is 5.32 Å². The van der Waals surface area contributed by atoms with E-state index in [9.17, 15) is 4.79 Å². The molecule has 1 aliphatic carbocycles. The van der Waals surface area contributed by atoms with Gasteiger partial charge in [-0.2, -0.15) is 0 Å². The summed E-state index contributed by atoms with van der Waals surface area (Å²) in [6.07, 6.45) is 4.98. The summed E-state index contributed by atoms with van der Waals surface area (Å²) in [7, 11) is 0. The first kappa shape index (κ1) is 15.7. The predicted molar refractivity (Wildman–Crippen MR) is 73.7 cm³/mol. The summed E-state index contributed by atoms with van der Waals surface area (Å²) in [4.78, 5) is 11.8. The first-order valence-electron chi connectivity index (χ1n) is 6.69. The summed E-state index contributed by atoms with van der Waals surface area (Å²) in [5.74, 6) is 0.545.